The quantitative estimate of drug-likeness (QED) is 0.142. The summed E-state index contributed by atoms with van der Waals surface area (Å²) in [7, 11) is 0. The van der Waals surface area contributed by atoms with Gasteiger partial charge in [0, 0.05) is 14.6 Å². The number of rotatable bonds is 8. The molecule has 72 heavy (non-hydrogen) atoms. The van der Waals surface area contributed by atoms with Crippen molar-refractivity contribution < 1.29 is 17.1 Å². The van der Waals surface area contributed by atoms with E-state index in [4.69, 9.17) is 19.9 Å². The van der Waals surface area contributed by atoms with Gasteiger partial charge in [-0.3, -0.25) is 0 Å². The Bertz CT molecular complexity index is 3910. The normalized spacial score (nSPS) is 13.0. The zero-order valence-electron chi connectivity index (χ0n) is 39.7. The van der Waals surface area contributed by atoms with Gasteiger partial charge in [0.25, 0.3) is 0 Å². The number of nitrogens with zero attached hydrogens (tertiary/aromatic N) is 4. The largest absolute Gasteiger partial charge is 2.00 e. The van der Waals surface area contributed by atoms with Crippen LogP contribution < -0.4 is 9.97 Å². The van der Waals surface area contributed by atoms with Crippen LogP contribution >= 0.6 is 22.7 Å². The van der Waals surface area contributed by atoms with E-state index in [0.717, 1.165) is 108 Å². The third-order valence-electron chi connectivity index (χ3n) is 14.1. The number of aryl methyl sites for hydroxylation is 2. The zero-order chi connectivity index (χ0) is 47.4. The number of benzene rings is 5. The van der Waals surface area contributed by atoms with Crippen molar-refractivity contribution in [1.82, 2.24) is 19.9 Å². The van der Waals surface area contributed by atoms with Crippen molar-refractivity contribution in [3.8, 4) is 66.1 Å². The topological polar surface area (TPSA) is 54.0 Å². The molecule has 0 amide bonds. The van der Waals surface area contributed by atoms with Crippen LogP contribution in [0, 0.1) is 13.8 Å². The second kappa shape index (κ2) is 19.2. The van der Waals surface area contributed by atoms with Crippen LogP contribution in [0.1, 0.15) is 62.9 Å². The number of aromatic nitrogens is 4. The molecule has 0 fully saturated rings. The Kier molecular flexibility index (Phi) is 12.1. The number of hydrogen-bond donors (Lipinski definition) is 0. The molecule has 8 bridgehead atoms. The maximum atomic E-state index is 5.48. The van der Waals surface area contributed by atoms with Crippen LogP contribution in [0.5, 0.6) is 0 Å². The Labute approximate surface area is 438 Å². The van der Waals surface area contributed by atoms with Crippen LogP contribution in [0.15, 0.2) is 181 Å². The van der Waals surface area contributed by atoms with Gasteiger partial charge in [-0.25, -0.2) is 9.97 Å². The molecule has 0 saturated carbocycles. The van der Waals surface area contributed by atoms with Crippen molar-refractivity contribution in [2.24, 2.45) is 0 Å². The summed E-state index contributed by atoms with van der Waals surface area (Å²) in [6.45, 7) is 4.54. The standard InChI is InChI=1S/C65H46N4S2.Mn/c1-40-49(37-38-70-40)50-19-12-20-51(50)52-39-61(71-41(52)2)44-25-21-42(22-26-44)43-23-27-48(28-24-43)65-59-35-33-57(68-59)63(46-15-8-4-9-16-46)55-31-29-53(66-55)62(45-13-6-3-7-14-45)54-30-32-56(67-54)64(47-17-10-5-11-18-47)58-34-36-60(65)69-58;/h3-11,13-18,21-39H,12,19-20H2,1-2H3;/q-2;+2. The minimum absolute atomic E-state index is 0. The Morgan fingerprint density at radius 2 is 0.764 bits per heavy atom. The summed E-state index contributed by atoms with van der Waals surface area (Å²) >= 11 is 3.76. The molecule has 1 radical (unpaired) electrons. The van der Waals surface area contributed by atoms with E-state index in [1.54, 1.807) is 5.57 Å². The smallest absolute Gasteiger partial charge is 0.657 e. The molecule has 0 atom stereocenters. The molecule has 5 aromatic carbocycles. The van der Waals surface area contributed by atoms with Gasteiger partial charge >= 0.3 is 17.1 Å². The molecule has 0 N–H and O–H groups in total. The summed E-state index contributed by atoms with van der Waals surface area (Å²) in [5.74, 6) is 0. The van der Waals surface area contributed by atoms with Crippen molar-refractivity contribution in [3.63, 3.8) is 0 Å². The van der Waals surface area contributed by atoms with Crippen molar-refractivity contribution in [2.45, 2.75) is 33.1 Å². The third-order valence-corrected chi connectivity index (χ3v) is 16.1. The molecule has 2 aliphatic heterocycles. The third kappa shape index (κ3) is 8.28. The Balaban J connectivity index is 0.00000530. The van der Waals surface area contributed by atoms with E-state index in [1.165, 1.54) is 48.9 Å². The molecule has 345 valence electrons. The van der Waals surface area contributed by atoms with Gasteiger partial charge in [0.1, 0.15) is 0 Å². The van der Waals surface area contributed by atoms with Crippen LogP contribution in [0.3, 0.4) is 0 Å². The molecule has 5 aromatic heterocycles. The van der Waals surface area contributed by atoms with Gasteiger partial charge in [0.2, 0.25) is 0 Å². The van der Waals surface area contributed by atoms with Gasteiger partial charge in [0.15, 0.2) is 0 Å². The van der Waals surface area contributed by atoms with Crippen LogP contribution in [0.25, 0.3) is 124 Å². The summed E-state index contributed by atoms with van der Waals surface area (Å²) in [5.41, 5.74) is 24.4. The summed E-state index contributed by atoms with van der Waals surface area (Å²) < 4.78 is 0. The number of fused-ring (bicyclic) bond motifs is 8. The fourth-order valence-electron chi connectivity index (χ4n) is 10.7. The fraction of sp³-hybridized carbons (Fsp3) is 0.0769. The predicted molar refractivity (Wildman–Crippen MR) is 302 cm³/mol. The minimum atomic E-state index is 0. The van der Waals surface area contributed by atoms with E-state index in [1.807, 2.05) is 40.9 Å². The molecule has 0 saturated heterocycles. The van der Waals surface area contributed by atoms with E-state index < -0.39 is 0 Å². The average molecular weight is 1000 g/mol. The van der Waals surface area contributed by atoms with Crippen molar-refractivity contribution in [3.05, 3.63) is 225 Å². The molecular formula is C65H46MnN4S2. The van der Waals surface area contributed by atoms with Crippen LogP contribution in [0.2, 0.25) is 0 Å². The SMILES string of the molecule is Cc1sccc1C1=C(c2cc(-c3ccc(-c4ccc(-c5c6nc(c(-c7ccccc7)c7ccc([n-]7)c(-c7ccccc7)c7nc(c(-c8ccccc8)c8ccc5[n-]8)C=C7)C=C6)cc4)cc3)sc2C)CCC1.[Mn+2]. The first-order chi connectivity index (χ1) is 35.0. The van der Waals surface area contributed by atoms with Crippen LogP contribution in [-0.2, 0) is 17.1 Å². The van der Waals surface area contributed by atoms with Crippen LogP contribution in [0.4, 0.5) is 0 Å². The van der Waals surface area contributed by atoms with Gasteiger partial charge in [-0.15, -0.1) is 44.7 Å². The molecule has 0 spiro atoms. The molecule has 10 aromatic rings. The zero-order valence-corrected chi connectivity index (χ0v) is 42.5. The van der Waals surface area contributed by atoms with E-state index in [0.29, 0.717) is 0 Å². The molecule has 7 heteroatoms. The Hall–Kier alpha value is -7.64. The first-order valence-electron chi connectivity index (χ1n) is 24.3. The van der Waals surface area contributed by atoms with E-state index in [9.17, 15) is 0 Å². The second-order valence-corrected chi connectivity index (χ2v) is 20.8. The minimum Gasteiger partial charge on any atom is -0.657 e. The first-order valence-corrected chi connectivity index (χ1v) is 26.0. The molecule has 13 rings (SSSR count). The molecule has 4 nitrogen and oxygen atoms in total. The van der Waals surface area contributed by atoms with Gasteiger partial charge < -0.3 is 9.97 Å². The summed E-state index contributed by atoms with van der Waals surface area (Å²) in [5, 5.41) is 2.23. The van der Waals surface area contributed by atoms with E-state index >= 15 is 0 Å². The number of allylic oxidation sites excluding steroid dienone is 2. The van der Waals surface area contributed by atoms with Crippen molar-refractivity contribution in [1.29, 1.82) is 0 Å². The summed E-state index contributed by atoms with van der Waals surface area (Å²) in [6.07, 6.45) is 12.0. The first kappa shape index (κ1) is 45.5. The van der Waals surface area contributed by atoms with Crippen LogP contribution in [-0.4, -0.2) is 9.97 Å². The number of hydrogen-bond acceptors (Lipinski definition) is 4. The molecule has 0 unspecified atom stereocenters. The maximum Gasteiger partial charge on any atom is 2.00 e. The summed E-state index contributed by atoms with van der Waals surface area (Å²) in [6, 6.07) is 62.6. The van der Waals surface area contributed by atoms with Crippen molar-refractivity contribution >= 4 is 80.2 Å². The average Bonchev–Trinajstić information content (AvgIpc) is 4.28. The van der Waals surface area contributed by atoms with Gasteiger partial charge in [-0.2, -0.15) is 0 Å². The van der Waals surface area contributed by atoms with E-state index in [-0.39, 0.29) is 17.1 Å². The fourth-order valence-corrected chi connectivity index (χ4v) is 12.5. The van der Waals surface area contributed by atoms with Gasteiger partial charge in [-0.05, 0) is 158 Å². The summed E-state index contributed by atoms with van der Waals surface area (Å²) in [4.78, 5) is 25.9. The second-order valence-electron chi connectivity index (χ2n) is 18.4. The van der Waals surface area contributed by atoms with Crippen molar-refractivity contribution in [2.75, 3.05) is 0 Å². The Morgan fingerprint density at radius 3 is 1.17 bits per heavy atom. The molecular weight excluding hydrogens is 956 g/mol. The maximum absolute atomic E-state index is 5.48. The molecule has 3 aliphatic rings. The molecule has 1 aliphatic carbocycles. The van der Waals surface area contributed by atoms with Gasteiger partial charge in [-0.1, -0.05) is 164 Å². The molecule has 7 heterocycles. The number of thiophene rings is 2. The Morgan fingerprint density at radius 1 is 0.389 bits per heavy atom. The predicted octanol–water partition coefficient (Wildman–Crippen LogP) is 17.7. The van der Waals surface area contributed by atoms with E-state index in [2.05, 4.69) is 201 Å². The monoisotopic (exact) mass is 1000 g/mol. The van der Waals surface area contributed by atoms with Gasteiger partial charge in [0.05, 0.1) is 22.8 Å².